The molecule has 4 nitrogen and oxygen atoms in total. The molecule has 146 valence electrons. The molecule has 1 aliphatic rings. The topological polar surface area (TPSA) is 35.9 Å². The van der Waals surface area contributed by atoms with Crippen LogP contribution < -0.4 is 4.74 Å². The summed E-state index contributed by atoms with van der Waals surface area (Å²) in [6.07, 6.45) is 0.848. The molecular weight excluding hydrogens is 336 g/mol. The molecule has 0 aliphatic carbocycles. The molecule has 0 saturated carbocycles. The van der Waals surface area contributed by atoms with Crippen LogP contribution >= 0.6 is 0 Å². The number of hydrogen-bond donors (Lipinski definition) is 1. The smallest absolute Gasteiger partial charge is 0.119 e. The predicted molar refractivity (Wildman–Crippen MR) is 110 cm³/mol. The largest absolute Gasteiger partial charge is 0.489 e. The molecule has 0 unspecified atom stereocenters. The molecule has 27 heavy (non-hydrogen) atoms. The van der Waals surface area contributed by atoms with Gasteiger partial charge in [-0.05, 0) is 43.5 Å². The fraction of sp³-hybridized carbons (Fsp3) is 0.478. The van der Waals surface area contributed by atoms with Gasteiger partial charge in [0.1, 0.15) is 12.4 Å². The van der Waals surface area contributed by atoms with Crippen LogP contribution in [-0.2, 0) is 13.2 Å². The first-order chi connectivity index (χ1) is 13.2. The van der Waals surface area contributed by atoms with Gasteiger partial charge in [0.15, 0.2) is 0 Å². The van der Waals surface area contributed by atoms with Gasteiger partial charge in [-0.15, -0.1) is 0 Å². The Hall–Kier alpha value is -1.88. The van der Waals surface area contributed by atoms with E-state index in [1.54, 1.807) is 0 Å². The van der Waals surface area contributed by atoms with Crippen LogP contribution in [0.3, 0.4) is 0 Å². The summed E-state index contributed by atoms with van der Waals surface area (Å²) in [4.78, 5) is 5.02. The Balaban J connectivity index is 1.52. The van der Waals surface area contributed by atoms with Crippen LogP contribution in [0.5, 0.6) is 5.75 Å². The van der Waals surface area contributed by atoms with E-state index in [1.165, 1.54) is 11.1 Å². The molecule has 0 radical (unpaired) electrons. The molecule has 0 aromatic heterocycles. The van der Waals surface area contributed by atoms with Crippen molar-refractivity contribution in [2.24, 2.45) is 0 Å². The van der Waals surface area contributed by atoms with E-state index in [0.29, 0.717) is 18.7 Å². The molecule has 1 saturated heterocycles. The lowest BCUT2D eigenvalue weighted by atomic mass is 10.1. The SMILES string of the molecule is CC(C)N1CCN(Cc2ccc(OCc3ccccc3)cc2)C[C@@H]1CCO. The standard InChI is InChI=1S/C23H32N2O2/c1-19(2)25-14-13-24(17-22(25)12-15-26)16-20-8-10-23(11-9-20)27-18-21-6-4-3-5-7-21/h3-11,19,22,26H,12-18H2,1-2H3/t22-/m0/s1. The molecule has 0 spiro atoms. The molecule has 0 bridgehead atoms. The van der Waals surface area contributed by atoms with Crippen molar-refractivity contribution in [2.45, 2.75) is 45.5 Å². The molecule has 4 heteroatoms. The zero-order chi connectivity index (χ0) is 19.1. The Morgan fingerprint density at radius 2 is 1.74 bits per heavy atom. The van der Waals surface area contributed by atoms with Gasteiger partial charge in [0.25, 0.3) is 0 Å². The minimum absolute atomic E-state index is 0.259. The zero-order valence-corrected chi connectivity index (χ0v) is 16.6. The summed E-state index contributed by atoms with van der Waals surface area (Å²) in [5.74, 6) is 0.908. The van der Waals surface area contributed by atoms with E-state index >= 15 is 0 Å². The van der Waals surface area contributed by atoms with E-state index in [4.69, 9.17) is 4.74 Å². The van der Waals surface area contributed by atoms with Crippen LogP contribution in [0.25, 0.3) is 0 Å². The van der Waals surface area contributed by atoms with Crippen molar-refractivity contribution in [1.82, 2.24) is 9.80 Å². The first kappa shape index (κ1) is 19.9. The van der Waals surface area contributed by atoms with Crippen molar-refractivity contribution in [2.75, 3.05) is 26.2 Å². The van der Waals surface area contributed by atoms with Crippen LogP contribution in [0.2, 0.25) is 0 Å². The second kappa shape index (κ2) is 9.88. The Kier molecular flexibility index (Phi) is 7.27. The molecular formula is C23H32N2O2. The van der Waals surface area contributed by atoms with Gasteiger partial charge in [0.05, 0.1) is 0 Å². The second-order valence-electron chi connectivity index (χ2n) is 7.65. The van der Waals surface area contributed by atoms with Crippen molar-refractivity contribution >= 4 is 0 Å². The highest BCUT2D eigenvalue weighted by Crippen LogP contribution is 2.20. The number of piperazine rings is 1. The molecule has 1 aliphatic heterocycles. The summed E-state index contributed by atoms with van der Waals surface area (Å²) in [7, 11) is 0. The normalized spacial score (nSPS) is 18.7. The molecule has 1 N–H and O–H groups in total. The molecule has 2 aromatic carbocycles. The Morgan fingerprint density at radius 3 is 2.41 bits per heavy atom. The van der Waals surface area contributed by atoms with Crippen molar-refractivity contribution in [3.63, 3.8) is 0 Å². The quantitative estimate of drug-likeness (QED) is 0.773. The van der Waals surface area contributed by atoms with E-state index in [-0.39, 0.29) is 6.61 Å². The van der Waals surface area contributed by atoms with Gasteiger partial charge in [0.2, 0.25) is 0 Å². The third-order valence-electron chi connectivity index (χ3n) is 5.32. The number of hydrogen-bond acceptors (Lipinski definition) is 4. The lowest BCUT2D eigenvalue weighted by Crippen LogP contribution is -2.55. The third-order valence-corrected chi connectivity index (χ3v) is 5.32. The van der Waals surface area contributed by atoms with Crippen LogP contribution in [0.15, 0.2) is 54.6 Å². The average Bonchev–Trinajstić information content (AvgIpc) is 2.68. The van der Waals surface area contributed by atoms with Crippen LogP contribution in [0.1, 0.15) is 31.4 Å². The Labute approximate surface area is 163 Å². The maximum absolute atomic E-state index is 9.40. The first-order valence-corrected chi connectivity index (χ1v) is 10.0. The van der Waals surface area contributed by atoms with Crippen molar-refractivity contribution in [1.29, 1.82) is 0 Å². The maximum atomic E-state index is 9.40. The minimum atomic E-state index is 0.259. The third kappa shape index (κ3) is 5.80. The van der Waals surface area contributed by atoms with Crippen molar-refractivity contribution in [3.8, 4) is 5.75 Å². The number of nitrogens with zero attached hydrogens (tertiary/aromatic N) is 2. The number of aliphatic hydroxyl groups excluding tert-OH is 1. The highest BCUT2D eigenvalue weighted by atomic mass is 16.5. The number of aliphatic hydroxyl groups is 1. The van der Waals surface area contributed by atoms with Gasteiger partial charge in [0, 0.05) is 44.9 Å². The van der Waals surface area contributed by atoms with Gasteiger partial charge >= 0.3 is 0 Å². The van der Waals surface area contributed by atoms with Gasteiger partial charge < -0.3 is 9.84 Å². The average molecular weight is 369 g/mol. The van der Waals surface area contributed by atoms with E-state index < -0.39 is 0 Å². The molecule has 1 atom stereocenters. The first-order valence-electron chi connectivity index (χ1n) is 10.0. The Morgan fingerprint density at radius 1 is 1.00 bits per heavy atom. The van der Waals surface area contributed by atoms with Gasteiger partial charge in [-0.2, -0.15) is 0 Å². The van der Waals surface area contributed by atoms with Crippen LogP contribution in [-0.4, -0.2) is 53.2 Å². The molecule has 1 heterocycles. The molecule has 1 fully saturated rings. The monoisotopic (exact) mass is 368 g/mol. The highest BCUT2D eigenvalue weighted by Gasteiger charge is 2.28. The maximum Gasteiger partial charge on any atom is 0.119 e. The molecule has 0 amide bonds. The minimum Gasteiger partial charge on any atom is -0.489 e. The number of benzene rings is 2. The zero-order valence-electron chi connectivity index (χ0n) is 16.6. The second-order valence-corrected chi connectivity index (χ2v) is 7.65. The number of rotatable bonds is 8. The fourth-order valence-corrected chi connectivity index (χ4v) is 3.85. The van der Waals surface area contributed by atoms with Gasteiger partial charge in [-0.3, -0.25) is 9.80 Å². The summed E-state index contributed by atoms with van der Waals surface area (Å²) in [5, 5.41) is 9.40. The summed E-state index contributed by atoms with van der Waals surface area (Å²) < 4.78 is 5.88. The van der Waals surface area contributed by atoms with Crippen molar-refractivity contribution in [3.05, 3.63) is 65.7 Å². The summed E-state index contributed by atoms with van der Waals surface area (Å²) in [6.45, 7) is 9.46. The van der Waals surface area contributed by atoms with Crippen LogP contribution in [0, 0.1) is 0 Å². The molecule has 2 aromatic rings. The van der Waals surface area contributed by atoms with E-state index in [0.717, 1.165) is 38.3 Å². The van der Waals surface area contributed by atoms with E-state index in [9.17, 15) is 5.11 Å². The van der Waals surface area contributed by atoms with E-state index in [1.807, 2.05) is 18.2 Å². The van der Waals surface area contributed by atoms with E-state index in [2.05, 4.69) is 60.0 Å². The lowest BCUT2D eigenvalue weighted by Gasteiger charge is -2.43. The summed E-state index contributed by atoms with van der Waals surface area (Å²) in [6, 6.07) is 19.7. The molecule has 3 rings (SSSR count). The van der Waals surface area contributed by atoms with Crippen molar-refractivity contribution < 1.29 is 9.84 Å². The fourth-order valence-electron chi connectivity index (χ4n) is 3.85. The highest BCUT2D eigenvalue weighted by molar-refractivity contribution is 5.28. The predicted octanol–water partition coefficient (Wildman–Crippen LogP) is 3.54. The van der Waals surface area contributed by atoms with Gasteiger partial charge in [-0.25, -0.2) is 0 Å². The number of ether oxygens (including phenoxy) is 1. The van der Waals surface area contributed by atoms with Crippen LogP contribution in [0.4, 0.5) is 0 Å². The lowest BCUT2D eigenvalue weighted by molar-refractivity contribution is 0.0349. The summed E-state index contributed by atoms with van der Waals surface area (Å²) in [5.41, 5.74) is 2.49. The Bertz CT molecular complexity index is 673. The van der Waals surface area contributed by atoms with Gasteiger partial charge in [-0.1, -0.05) is 42.5 Å². The summed E-state index contributed by atoms with van der Waals surface area (Å²) >= 11 is 0.